The Morgan fingerprint density at radius 1 is 1.07 bits per heavy atom. The first-order valence-electron chi connectivity index (χ1n) is 7.95. The SMILES string of the molecule is O=C(CN1C(=O)S/C(=C\c2cccc(Cl)c2Cl)C1=O)NCc1ccccc1. The topological polar surface area (TPSA) is 66.5 Å². The van der Waals surface area contributed by atoms with Gasteiger partial charge in [-0.15, -0.1) is 0 Å². The summed E-state index contributed by atoms with van der Waals surface area (Å²) in [6.07, 6.45) is 1.50. The Morgan fingerprint density at radius 2 is 1.81 bits per heavy atom. The maximum absolute atomic E-state index is 12.5. The van der Waals surface area contributed by atoms with Crippen LogP contribution in [0.5, 0.6) is 0 Å². The fourth-order valence-corrected chi connectivity index (χ4v) is 3.60. The van der Waals surface area contributed by atoms with Crippen molar-refractivity contribution in [1.29, 1.82) is 0 Å². The van der Waals surface area contributed by atoms with Crippen LogP contribution in [-0.2, 0) is 16.1 Å². The number of amides is 3. The molecule has 1 aliphatic heterocycles. The molecule has 3 amide bonds. The number of hydrogen-bond donors (Lipinski definition) is 1. The number of carbonyl (C=O) groups excluding carboxylic acids is 3. The van der Waals surface area contributed by atoms with E-state index in [2.05, 4.69) is 5.32 Å². The highest BCUT2D eigenvalue weighted by molar-refractivity contribution is 8.18. The number of rotatable bonds is 5. The number of nitrogens with zero attached hydrogens (tertiary/aromatic N) is 1. The molecule has 138 valence electrons. The molecule has 5 nitrogen and oxygen atoms in total. The number of carbonyl (C=O) groups is 3. The van der Waals surface area contributed by atoms with E-state index < -0.39 is 17.1 Å². The van der Waals surface area contributed by atoms with Gasteiger partial charge in [-0.1, -0.05) is 65.7 Å². The molecule has 0 bridgehead atoms. The molecule has 1 fully saturated rings. The zero-order chi connectivity index (χ0) is 19.4. The van der Waals surface area contributed by atoms with E-state index in [4.69, 9.17) is 23.2 Å². The van der Waals surface area contributed by atoms with Crippen molar-refractivity contribution in [2.75, 3.05) is 6.54 Å². The fourth-order valence-electron chi connectivity index (χ4n) is 2.41. The minimum atomic E-state index is -0.532. The quantitative estimate of drug-likeness (QED) is 0.730. The number of thioether (sulfide) groups is 1. The summed E-state index contributed by atoms with van der Waals surface area (Å²) in [4.78, 5) is 37.8. The Hall–Kier alpha value is -2.28. The number of hydrogen-bond acceptors (Lipinski definition) is 4. The smallest absolute Gasteiger partial charge is 0.294 e. The van der Waals surface area contributed by atoms with Crippen LogP contribution in [0.4, 0.5) is 4.79 Å². The number of nitrogens with one attached hydrogen (secondary N) is 1. The Morgan fingerprint density at radius 3 is 2.56 bits per heavy atom. The van der Waals surface area contributed by atoms with Gasteiger partial charge >= 0.3 is 0 Å². The number of halogens is 2. The second kappa shape index (κ2) is 8.61. The predicted octanol–water partition coefficient (Wildman–Crippen LogP) is 4.35. The Balaban J connectivity index is 1.66. The van der Waals surface area contributed by atoms with Crippen LogP contribution in [0.2, 0.25) is 10.0 Å². The van der Waals surface area contributed by atoms with Crippen molar-refractivity contribution in [3.05, 3.63) is 74.6 Å². The van der Waals surface area contributed by atoms with E-state index in [-0.39, 0.29) is 11.4 Å². The molecule has 0 aromatic heterocycles. The largest absolute Gasteiger partial charge is 0.350 e. The van der Waals surface area contributed by atoms with E-state index in [0.717, 1.165) is 22.2 Å². The molecule has 2 aromatic carbocycles. The standard InChI is InChI=1S/C19H14Cl2N2O3S/c20-14-8-4-7-13(17(14)21)9-15-18(25)23(19(26)27-15)11-16(24)22-10-12-5-2-1-3-6-12/h1-9H,10-11H2,(H,22,24)/b15-9-. The van der Waals surface area contributed by atoms with E-state index in [9.17, 15) is 14.4 Å². The predicted molar refractivity (Wildman–Crippen MR) is 107 cm³/mol. The molecule has 0 saturated carbocycles. The van der Waals surface area contributed by atoms with Gasteiger partial charge in [0.1, 0.15) is 6.54 Å². The normalized spacial score (nSPS) is 15.5. The Bertz CT molecular complexity index is 932. The zero-order valence-corrected chi connectivity index (χ0v) is 16.3. The van der Waals surface area contributed by atoms with Crippen molar-refractivity contribution in [2.45, 2.75) is 6.54 Å². The third-order valence-corrected chi connectivity index (χ3v) is 5.52. The molecular formula is C19H14Cl2N2O3S. The molecular weight excluding hydrogens is 407 g/mol. The molecule has 1 heterocycles. The minimum absolute atomic E-state index is 0.194. The van der Waals surface area contributed by atoms with Crippen LogP contribution in [0.3, 0.4) is 0 Å². The maximum atomic E-state index is 12.5. The van der Waals surface area contributed by atoms with Gasteiger partial charge in [-0.05, 0) is 35.0 Å². The van der Waals surface area contributed by atoms with Gasteiger partial charge in [-0.3, -0.25) is 19.3 Å². The average Bonchev–Trinajstić information content (AvgIpc) is 2.92. The monoisotopic (exact) mass is 420 g/mol. The summed E-state index contributed by atoms with van der Waals surface area (Å²) in [6.45, 7) is -0.0119. The minimum Gasteiger partial charge on any atom is -0.350 e. The van der Waals surface area contributed by atoms with E-state index in [0.29, 0.717) is 22.2 Å². The second-order valence-corrected chi connectivity index (χ2v) is 7.45. The second-order valence-electron chi connectivity index (χ2n) is 5.67. The lowest BCUT2D eigenvalue weighted by atomic mass is 10.2. The van der Waals surface area contributed by atoms with Crippen molar-refractivity contribution in [1.82, 2.24) is 10.2 Å². The van der Waals surface area contributed by atoms with Crippen LogP contribution >= 0.6 is 35.0 Å². The molecule has 0 atom stereocenters. The lowest BCUT2D eigenvalue weighted by Crippen LogP contribution is -2.39. The summed E-state index contributed by atoms with van der Waals surface area (Å²) in [7, 11) is 0. The summed E-state index contributed by atoms with van der Waals surface area (Å²) in [5, 5.41) is 2.84. The van der Waals surface area contributed by atoms with Crippen LogP contribution in [0, 0.1) is 0 Å². The molecule has 2 aromatic rings. The van der Waals surface area contributed by atoms with E-state index >= 15 is 0 Å². The third kappa shape index (κ3) is 4.71. The molecule has 0 radical (unpaired) electrons. The van der Waals surface area contributed by atoms with Crippen LogP contribution in [-0.4, -0.2) is 28.5 Å². The van der Waals surface area contributed by atoms with Crippen molar-refractivity contribution in [3.8, 4) is 0 Å². The first-order valence-corrected chi connectivity index (χ1v) is 9.53. The van der Waals surface area contributed by atoms with Crippen LogP contribution in [0.15, 0.2) is 53.4 Å². The van der Waals surface area contributed by atoms with Gasteiger partial charge in [-0.25, -0.2) is 0 Å². The van der Waals surface area contributed by atoms with Crippen molar-refractivity contribution < 1.29 is 14.4 Å². The van der Waals surface area contributed by atoms with Gasteiger partial charge in [0.05, 0.1) is 15.0 Å². The summed E-state index contributed by atoms with van der Waals surface area (Å²) < 4.78 is 0. The first-order chi connectivity index (χ1) is 13.0. The molecule has 1 N–H and O–H groups in total. The zero-order valence-electron chi connectivity index (χ0n) is 13.9. The molecule has 8 heteroatoms. The Kier molecular flexibility index (Phi) is 6.21. The summed E-state index contributed by atoms with van der Waals surface area (Å²) in [5.74, 6) is -0.945. The molecule has 1 saturated heterocycles. The summed E-state index contributed by atoms with van der Waals surface area (Å²) in [5.41, 5.74) is 1.46. The molecule has 1 aliphatic rings. The van der Waals surface area contributed by atoms with Crippen molar-refractivity contribution in [3.63, 3.8) is 0 Å². The molecule has 27 heavy (non-hydrogen) atoms. The maximum Gasteiger partial charge on any atom is 0.294 e. The fraction of sp³-hybridized carbons (Fsp3) is 0.105. The first kappa shape index (κ1) is 19.5. The highest BCUT2D eigenvalue weighted by Crippen LogP contribution is 2.34. The van der Waals surface area contributed by atoms with Gasteiger partial charge < -0.3 is 5.32 Å². The third-order valence-electron chi connectivity index (χ3n) is 3.78. The Labute approximate surface area is 170 Å². The van der Waals surface area contributed by atoms with Gasteiger partial charge in [0.15, 0.2) is 0 Å². The average molecular weight is 421 g/mol. The van der Waals surface area contributed by atoms with Gasteiger partial charge in [0, 0.05) is 6.54 Å². The summed E-state index contributed by atoms with van der Waals surface area (Å²) >= 11 is 12.8. The lowest BCUT2D eigenvalue weighted by Gasteiger charge is -2.12. The van der Waals surface area contributed by atoms with Gasteiger partial charge in [0.2, 0.25) is 5.91 Å². The highest BCUT2D eigenvalue weighted by atomic mass is 35.5. The van der Waals surface area contributed by atoms with Crippen molar-refractivity contribution in [2.24, 2.45) is 0 Å². The van der Waals surface area contributed by atoms with E-state index in [1.165, 1.54) is 6.08 Å². The molecule has 0 aliphatic carbocycles. The lowest BCUT2D eigenvalue weighted by molar-refractivity contribution is -0.129. The van der Waals surface area contributed by atoms with E-state index in [1.54, 1.807) is 18.2 Å². The number of benzene rings is 2. The molecule has 0 spiro atoms. The molecule has 0 unspecified atom stereocenters. The van der Waals surface area contributed by atoms with E-state index in [1.807, 2.05) is 30.3 Å². The highest BCUT2D eigenvalue weighted by Gasteiger charge is 2.36. The summed E-state index contributed by atoms with van der Waals surface area (Å²) in [6, 6.07) is 14.4. The number of imide groups is 1. The van der Waals surface area contributed by atoms with Gasteiger partial charge in [-0.2, -0.15) is 0 Å². The van der Waals surface area contributed by atoms with Crippen molar-refractivity contribution >= 4 is 58.1 Å². The molecule has 3 rings (SSSR count). The van der Waals surface area contributed by atoms with Crippen LogP contribution < -0.4 is 5.32 Å². The van der Waals surface area contributed by atoms with Crippen LogP contribution in [0.1, 0.15) is 11.1 Å². The van der Waals surface area contributed by atoms with Crippen LogP contribution in [0.25, 0.3) is 6.08 Å². The van der Waals surface area contributed by atoms with Gasteiger partial charge in [0.25, 0.3) is 11.1 Å².